The van der Waals surface area contributed by atoms with E-state index < -0.39 is 0 Å². The van der Waals surface area contributed by atoms with Gasteiger partial charge in [-0.15, -0.1) is 11.3 Å². The Labute approximate surface area is 85.2 Å². The predicted molar refractivity (Wildman–Crippen MR) is 53.5 cm³/mol. The fourth-order valence-corrected chi connectivity index (χ4v) is 1.73. The molecular weight excluding hydrogens is 198 g/mol. The zero-order valence-corrected chi connectivity index (χ0v) is 8.71. The van der Waals surface area contributed by atoms with Crippen molar-refractivity contribution in [3.8, 4) is 0 Å². The van der Waals surface area contributed by atoms with Crippen LogP contribution in [0.1, 0.15) is 21.2 Å². The van der Waals surface area contributed by atoms with Crippen molar-refractivity contribution in [2.75, 3.05) is 0 Å². The zero-order valence-electron chi connectivity index (χ0n) is 7.89. The molecule has 0 aliphatic rings. The maximum Gasteiger partial charge on any atom is 0.232 e. The number of aryl methyl sites for hydroxylation is 2. The summed E-state index contributed by atoms with van der Waals surface area (Å²) in [5.41, 5.74) is 0.920. The third kappa shape index (κ3) is 1.58. The summed E-state index contributed by atoms with van der Waals surface area (Å²) in [5.74, 6) is -0.116. The Hall–Kier alpha value is -1.49. The number of nitrogens with zero attached hydrogens (tertiary/aromatic N) is 3. The minimum atomic E-state index is -0.116. The normalized spacial score (nSPS) is 10.4. The highest BCUT2D eigenvalue weighted by Gasteiger charge is 2.14. The van der Waals surface area contributed by atoms with Gasteiger partial charge in [-0.05, 0) is 13.0 Å². The molecule has 0 bridgehead atoms. The van der Waals surface area contributed by atoms with Gasteiger partial charge in [-0.25, -0.2) is 4.98 Å². The molecule has 0 aliphatic carbocycles. The predicted octanol–water partition coefficient (Wildman–Crippen LogP) is 1.42. The average Bonchev–Trinajstić information content (AvgIpc) is 2.73. The number of ketones is 1. The van der Waals surface area contributed by atoms with E-state index >= 15 is 0 Å². The lowest BCUT2D eigenvalue weighted by molar-refractivity contribution is 0.102. The quantitative estimate of drug-likeness (QED) is 0.700. The molecule has 0 fully saturated rings. The first-order valence-corrected chi connectivity index (χ1v) is 5.01. The summed E-state index contributed by atoms with van der Waals surface area (Å²) in [6.07, 6.45) is 1.74. The highest BCUT2D eigenvalue weighted by Crippen LogP contribution is 2.11. The van der Waals surface area contributed by atoms with Crippen LogP contribution in [0, 0.1) is 6.92 Å². The third-order valence-electron chi connectivity index (χ3n) is 1.80. The van der Waals surface area contributed by atoms with Crippen LogP contribution in [0.4, 0.5) is 0 Å². The van der Waals surface area contributed by atoms with E-state index in [9.17, 15) is 4.79 Å². The molecule has 0 amide bonds. The molecule has 14 heavy (non-hydrogen) atoms. The van der Waals surface area contributed by atoms with Gasteiger partial charge in [-0.2, -0.15) is 5.10 Å². The van der Waals surface area contributed by atoms with Gasteiger partial charge in [0.05, 0.1) is 5.01 Å². The molecule has 5 heteroatoms. The van der Waals surface area contributed by atoms with E-state index in [-0.39, 0.29) is 5.78 Å². The van der Waals surface area contributed by atoms with Crippen LogP contribution in [-0.2, 0) is 7.05 Å². The van der Waals surface area contributed by atoms with E-state index in [1.807, 2.05) is 6.92 Å². The Morgan fingerprint density at radius 3 is 2.79 bits per heavy atom. The summed E-state index contributed by atoms with van der Waals surface area (Å²) in [6, 6.07) is 1.69. The molecule has 0 radical (unpaired) electrons. The SMILES string of the molecule is Cc1nc(C(=O)c2ccn(C)n2)cs1. The van der Waals surface area contributed by atoms with Crippen molar-refractivity contribution < 1.29 is 4.79 Å². The molecule has 0 N–H and O–H groups in total. The fourth-order valence-electron chi connectivity index (χ4n) is 1.14. The molecular formula is C9H9N3OS. The van der Waals surface area contributed by atoms with Crippen molar-refractivity contribution >= 4 is 17.1 Å². The number of rotatable bonds is 2. The van der Waals surface area contributed by atoms with Crippen LogP contribution in [0.3, 0.4) is 0 Å². The smallest absolute Gasteiger partial charge is 0.232 e. The van der Waals surface area contributed by atoms with Crippen molar-refractivity contribution in [3.63, 3.8) is 0 Å². The summed E-state index contributed by atoms with van der Waals surface area (Å²) < 4.78 is 1.60. The molecule has 0 atom stereocenters. The summed E-state index contributed by atoms with van der Waals surface area (Å²) >= 11 is 1.47. The Bertz CT molecular complexity index is 430. The second kappa shape index (κ2) is 3.34. The monoisotopic (exact) mass is 207 g/mol. The molecule has 0 saturated carbocycles. The Morgan fingerprint density at radius 2 is 2.29 bits per heavy atom. The van der Waals surface area contributed by atoms with Crippen molar-refractivity contribution in [2.45, 2.75) is 6.92 Å². The number of thiazole rings is 1. The van der Waals surface area contributed by atoms with Crippen LogP contribution in [0.5, 0.6) is 0 Å². The molecule has 2 rings (SSSR count). The number of carbonyl (C=O) groups excluding carboxylic acids is 1. The van der Waals surface area contributed by atoms with Gasteiger partial charge >= 0.3 is 0 Å². The second-order valence-corrected chi connectivity index (χ2v) is 4.02. The number of hydrogen-bond donors (Lipinski definition) is 0. The topological polar surface area (TPSA) is 47.8 Å². The minimum Gasteiger partial charge on any atom is -0.285 e. The first-order valence-electron chi connectivity index (χ1n) is 4.13. The Kier molecular flexibility index (Phi) is 2.17. The summed E-state index contributed by atoms with van der Waals surface area (Å²) in [7, 11) is 1.78. The Morgan fingerprint density at radius 1 is 1.50 bits per heavy atom. The van der Waals surface area contributed by atoms with Crippen molar-refractivity contribution in [1.29, 1.82) is 0 Å². The van der Waals surface area contributed by atoms with Gasteiger partial charge in [0.1, 0.15) is 11.4 Å². The summed E-state index contributed by atoms with van der Waals surface area (Å²) in [6.45, 7) is 1.87. The average molecular weight is 207 g/mol. The van der Waals surface area contributed by atoms with Crippen LogP contribution in [0.15, 0.2) is 17.6 Å². The van der Waals surface area contributed by atoms with E-state index in [4.69, 9.17) is 0 Å². The van der Waals surface area contributed by atoms with Crippen LogP contribution in [0.25, 0.3) is 0 Å². The van der Waals surface area contributed by atoms with Crippen LogP contribution in [0.2, 0.25) is 0 Å². The van der Waals surface area contributed by atoms with E-state index in [2.05, 4.69) is 10.1 Å². The van der Waals surface area contributed by atoms with Crippen molar-refractivity contribution in [2.24, 2.45) is 7.05 Å². The Balaban J connectivity index is 2.33. The number of carbonyl (C=O) groups is 1. The molecule has 2 heterocycles. The van der Waals surface area contributed by atoms with E-state index in [0.717, 1.165) is 5.01 Å². The second-order valence-electron chi connectivity index (χ2n) is 2.96. The summed E-state index contributed by atoms with van der Waals surface area (Å²) in [5, 5.41) is 6.68. The first kappa shape index (κ1) is 9.08. The van der Waals surface area contributed by atoms with Gasteiger partial charge < -0.3 is 0 Å². The van der Waals surface area contributed by atoms with Crippen LogP contribution >= 0.6 is 11.3 Å². The lowest BCUT2D eigenvalue weighted by Gasteiger charge is -1.90. The molecule has 0 aliphatic heterocycles. The summed E-state index contributed by atoms with van der Waals surface area (Å²) in [4.78, 5) is 15.9. The van der Waals surface area contributed by atoms with Crippen molar-refractivity contribution in [3.05, 3.63) is 34.0 Å². The van der Waals surface area contributed by atoms with E-state index in [1.54, 1.807) is 29.4 Å². The maximum absolute atomic E-state index is 11.7. The molecule has 2 aromatic rings. The van der Waals surface area contributed by atoms with Gasteiger partial charge in [-0.1, -0.05) is 0 Å². The largest absolute Gasteiger partial charge is 0.285 e. The van der Waals surface area contributed by atoms with Gasteiger partial charge in [-0.3, -0.25) is 9.48 Å². The standard InChI is InChI=1S/C9H9N3OS/c1-6-10-8(5-14-6)9(13)7-3-4-12(2)11-7/h3-5H,1-2H3. The molecule has 0 saturated heterocycles. The van der Waals surface area contributed by atoms with E-state index in [1.165, 1.54) is 11.3 Å². The van der Waals surface area contributed by atoms with Gasteiger partial charge in [0.15, 0.2) is 0 Å². The number of hydrogen-bond acceptors (Lipinski definition) is 4. The third-order valence-corrected chi connectivity index (χ3v) is 2.57. The maximum atomic E-state index is 11.7. The van der Waals surface area contributed by atoms with Crippen LogP contribution in [-0.4, -0.2) is 20.5 Å². The molecule has 4 nitrogen and oxygen atoms in total. The molecule has 0 spiro atoms. The van der Waals surface area contributed by atoms with Crippen molar-refractivity contribution in [1.82, 2.24) is 14.8 Å². The van der Waals surface area contributed by atoms with Gasteiger partial charge in [0.2, 0.25) is 5.78 Å². The molecule has 2 aromatic heterocycles. The molecule has 0 aromatic carbocycles. The van der Waals surface area contributed by atoms with Gasteiger partial charge in [0.25, 0.3) is 0 Å². The minimum absolute atomic E-state index is 0.116. The highest BCUT2D eigenvalue weighted by molar-refractivity contribution is 7.09. The number of aromatic nitrogens is 3. The van der Waals surface area contributed by atoms with E-state index in [0.29, 0.717) is 11.4 Å². The zero-order chi connectivity index (χ0) is 10.1. The lowest BCUT2D eigenvalue weighted by atomic mass is 10.2. The first-order chi connectivity index (χ1) is 6.66. The molecule has 72 valence electrons. The van der Waals surface area contributed by atoms with Gasteiger partial charge in [0, 0.05) is 18.6 Å². The fraction of sp³-hybridized carbons (Fsp3) is 0.222. The lowest BCUT2D eigenvalue weighted by Crippen LogP contribution is -2.03. The molecule has 0 unspecified atom stereocenters. The highest BCUT2D eigenvalue weighted by atomic mass is 32.1. The van der Waals surface area contributed by atoms with Crippen LogP contribution < -0.4 is 0 Å².